The van der Waals surface area contributed by atoms with E-state index in [1.165, 1.54) is 19.9 Å². The fraction of sp³-hybridized carbons (Fsp3) is 0.167. The van der Waals surface area contributed by atoms with Crippen LogP contribution < -0.4 is 0 Å². The summed E-state index contributed by atoms with van der Waals surface area (Å²) in [6, 6.07) is 13.0. The molecule has 66 valence electrons. The summed E-state index contributed by atoms with van der Waals surface area (Å²) in [6.45, 7) is 2.21. The quantitative estimate of drug-likeness (QED) is 0.693. The van der Waals surface area contributed by atoms with Crippen LogP contribution in [0.3, 0.4) is 0 Å². The largest absolute Gasteiger partial charge is 0.0614 e. The molecule has 2 aromatic rings. The number of hydrogen-bond donors (Lipinski definition) is 0. The maximum atomic E-state index is 2.41. The van der Waals surface area contributed by atoms with Gasteiger partial charge in [-0.3, -0.25) is 0 Å². The normalized spacial score (nSPS) is 10.6. The highest BCUT2D eigenvalue weighted by Gasteiger charge is 2.01. The van der Waals surface area contributed by atoms with Crippen molar-refractivity contribution in [3.63, 3.8) is 0 Å². The molecular weight excluding hydrogens is 271 g/mol. The lowest BCUT2D eigenvalue weighted by atomic mass is 10.0. The van der Waals surface area contributed by atoms with Crippen LogP contribution >= 0.6 is 22.6 Å². The zero-order valence-corrected chi connectivity index (χ0v) is 9.71. The van der Waals surface area contributed by atoms with Gasteiger partial charge in [0.05, 0.1) is 0 Å². The number of hydrogen-bond acceptors (Lipinski definition) is 0. The van der Waals surface area contributed by atoms with Gasteiger partial charge in [0, 0.05) is 3.57 Å². The summed E-state index contributed by atoms with van der Waals surface area (Å²) >= 11 is 2.41. The van der Waals surface area contributed by atoms with E-state index in [9.17, 15) is 0 Å². The van der Waals surface area contributed by atoms with Gasteiger partial charge in [0.1, 0.15) is 0 Å². The van der Waals surface area contributed by atoms with Crippen molar-refractivity contribution in [2.45, 2.75) is 13.3 Å². The molecule has 0 aliphatic heterocycles. The molecule has 0 heterocycles. The smallest absolute Gasteiger partial charge is 0.0211 e. The third kappa shape index (κ3) is 1.57. The van der Waals surface area contributed by atoms with Crippen LogP contribution in [0.4, 0.5) is 0 Å². The first-order valence-electron chi connectivity index (χ1n) is 4.49. The Hall–Kier alpha value is -0.570. The van der Waals surface area contributed by atoms with Crippen molar-refractivity contribution in [3.8, 4) is 0 Å². The molecule has 0 spiro atoms. The SMILES string of the molecule is CCc1cccc2cccc(I)c12. The van der Waals surface area contributed by atoms with E-state index in [4.69, 9.17) is 0 Å². The van der Waals surface area contributed by atoms with Crippen molar-refractivity contribution < 1.29 is 0 Å². The predicted molar refractivity (Wildman–Crippen MR) is 66.0 cm³/mol. The van der Waals surface area contributed by atoms with E-state index < -0.39 is 0 Å². The van der Waals surface area contributed by atoms with Crippen LogP contribution in [0.25, 0.3) is 10.8 Å². The zero-order chi connectivity index (χ0) is 9.26. The molecule has 1 heteroatoms. The molecule has 0 fully saturated rings. The molecule has 0 amide bonds. The van der Waals surface area contributed by atoms with Crippen LogP contribution in [0.1, 0.15) is 12.5 Å². The van der Waals surface area contributed by atoms with Gasteiger partial charge in [-0.05, 0) is 51.4 Å². The number of aryl methyl sites for hydroxylation is 1. The summed E-state index contributed by atoms with van der Waals surface area (Å²) in [5.74, 6) is 0. The maximum Gasteiger partial charge on any atom is 0.0211 e. The van der Waals surface area contributed by atoms with E-state index in [1.54, 1.807) is 0 Å². The number of rotatable bonds is 1. The molecule has 2 rings (SSSR count). The average Bonchev–Trinajstić information content (AvgIpc) is 2.17. The minimum absolute atomic E-state index is 1.11. The van der Waals surface area contributed by atoms with Crippen LogP contribution in [-0.2, 0) is 6.42 Å². The average molecular weight is 282 g/mol. The van der Waals surface area contributed by atoms with Crippen molar-refractivity contribution >= 4 is 33.4 Å². The topological polar surface area (TPSA) is 0 Å². The molecular formula is C12H11I. The van der Waals surface area contributed by atoms with Gasteiger partial charge in [-0.25, -0.2) is 0 Å². The first-order chi connectivity index (χ1) is 6.33. The summed E-state index contributed by atoms with van der Waals surface area (Å²) in [6.07, 6.45) is 1.11. The van der Waals surface area contributed by atoms with Gasteiger partial charge in [0.25, 0.3) is 0 Å². The molecule has 0 saturated heterocycles. The van der Waals surface area contributed by atoms with Crippen LogP contribution in [0.5, 0.6) is 0 Å². The van der Waals surface area contributed by atoms with Gasteiger partial charge in [0.2, 0.25) is 0 Å². The summed E-state index contributed by atoms with van der Waals surface area (Å²) in [5, 5.41) is 2.78. The van der Waals surface area contributed by atoms with E-state index in [2.05, 4.69) is 65.9 Å². The molecule has 0 nitrogen and oxygen atoms in total. The number of benzene rings is 2. The Morgan fingerprint density at radius 1 is 1.08 bits per heavy atom. The van der Waals surface area contributed by atoms with E-state index in [-0.39, 0.29) is 0 Å². The fourth-order valence-electron chi connectivity index (χ4n) is 1.66. The second kappa shape index (κ2) is 3.66. The van der Waals surface area contributed by atoms with Crippen molar-refractivity contribution in [2.75, 3.05) is 0 Å². The number of fused-ring (bicyclic) bond motifs is 1. The molecule has 0 aliphatic rings. The zero-order valence-electron chi connectivity index (χ0n) is 7.55. The molecule has 0 unspecified atom stereocenters. The van der Waals surface area contributed by atoms with Gasteiger partial charge >= 0.3 is 0 Å². The van der Waals surface area contributed by atoms with Crippen molar-refractivity contribution in [3.05, 3.63) is 45.5 Å². The van der Waals surface area contributed by atoms with Crippen molar-refractivity contribution in [1.82, 2.24) is 0 Å². The standard InChI is InChI=1S/C12H11I/c1-2-9-5-3-6-10-7-4-8-11(13)12(9)10/h3-8H,2H2,1H3. The van der Waals surface area contributed by atoms with Gasteiger partial charge < -0.3 is 0 Å². The molecule has 13 heavy (non-hydrogen) atoms. The first-order valence-corrected chi connectivity index (χ1v) is 5.57. The highest BCUT2D eigenvalue weighted by atomic mass is 127. The lowest BCUT2D eigenvalue weighted by molar-refractivity contribution is 1.16. The highest BCUT2D eigenvalue weighted by Crippen LogP contribution is 2.24. The Bertz CT molecular complexity index is 427. The van der Waals surface area contributed by atoms with E-state index in [0.29, 0.717) is 0 Å². The van der Waals surface area contributed by atoms with E-state index in [1.807, 2.05) is 0 Å². The van der Waals surface area contributed by atoms with E-state index in [0.717, 1.165) is 6.42 Å². The Kier molecular flexibility index (Phi) is 2.54. The van der Waals surface area contributed by atoms with Gasteiger partial charge in [-0.2, -0.15) is 0 Å². The summed E-state index contributed by atoms with van der Waals surface area (Å²) in [7, 11) is 0. The predicted octanol–water partition coefficient (Wildman–Crippen LogP) is 4.01. The Morgan fingerprint density at radius 3 is 2.46 bits per heavy atom. The van der Waals surface area contributed by atoms with Crippen LogP contribution in [-0.4, -0.2) is 0 Å². The van der Waals surface area contributed by atoms with Crippen LogP contribution in [0.2, 0.25) is 0 Å². The number of halogens is 1. The second-order valence-corrected chi connectivity index (χ2v) is 4.27. The highest BCUT2D eigenvalue weighted by molar-refractivity contribution is 14.1. The Balaban J connectivity index is 2.87. The van der Waals surface area contributed by atoms with Crippen molar-refractivity contribution in [2.24, 2.45) is 0 Å². The summed E-state index contributed by atoms with van der Waals surface area (Å²) in [4.78, 5) is 0. The molecule has 0 N–H and O–H groups in total. The first kappa shape index (κ1) is 9.00. The lowest BCUT2D eigenvalue weighted by Gasteiger charge is -2.05. The lowest BCUT2D eigenvalue weighted by Crippen LogP contribution is -1.85. The Morgan fingerprint density at radius 2 is 1.77 bits per heavy atom. The van der Waals surface area contributed by atoms with E-state index >= 15 is 0 Å². The maximum absolute atomic E-state index is 2.41. The minimum atomic E-state index is 1.11. The van der Waals surface area contributed by atoms with Gasteiger partial charge in [0.15, 0.2) is 0 Å². The molecule has 2 aromatic carbocycles. The van der Waals surface area contributed by atoms with Crippen LogP contribution in [0.15, 0.2) is 36.4 Å². The third-order valence-electron chi connectivity index (χ3n) is 2.32. The van der Waals surface area contributed by atoms with Crippen LogP contribution in [0, 0.1) is 3.57 Å². The molecule has 0 aromatic heterocycles. The molecule has 0 aliphatic carbocycles. The second-order valence-electron chi connectivity index (χ2n) is 3.11. The minimum Gasteiger partial charge on any atom is -0.0614 e. The molecule has 0 bridgehead atoms. The molecule has 0 atom stereocenters. The Labute approximate surface area is 92.1 Å². The van der Waals surface area contributed by atoms with Gasteiger partial charge in [-0.15, -0.1) is 0 Å². The summed E-state index contributed by atoms with van der Waals surface area (Å²) < 4.78 is 1.35. The van der Waals surface area contributed by atoms with Gasteiger partial charge in [-0.1, -0.05) is 37.3 Å². The van der Waals surface area contributed by atoms with Crippen molar-refractivity contribution in [1.29, 1.82) is 0 Å². The molecule has 0 radical (unpaired) electrons. The third-order valence-corrected chi connectivity index (χ3v) is 3.22. The fourth-order valence-corrected chi connectivity index (χ4v) is 2.53. The monoisotopic (exact) mass is 282 g/mol. The summed E-state index contributed by atoms with van der Waals surface area (Å²) in [5.41, 5.74) is 1.45. The molecule has 0 saturated carbocycles.